The average Bonchev–Trinajstić information content (AvgIpc) is 3.08. The first-order valence-corrected chi connectivity index (χ1v) is 6.79. The van der Waals surface area contributed by atoms with Crippen molar-refractivity contribution in [1.82, 2.24) is 9.66 Å². The van der Waals surface area contributed by atoms with Gasteiger partial charge in [0.15, 0.2) is 0 Å². The van der Waals surface area contributed by atoms with E-state index < -0.39 is 0 Å². The second-order valence-electron chi connectivity index (χ2n) is 4.10. The third-order valence-corrected chi connectivity index (χ3v) is 3.58. The van der Waals surface area contributed by atoms with Gasteiger partial charge in [0.25, 0.3) is 0 Å². The Kier molecular flexibility index (Phi) is 3.30. The fourth-order valence-corrected chi connectivity index (χ4v) is 2.38. The van der Waals surface area contributed by atoms with Crippen LogP contribution in [0.1, 0.15) is 5.56 Å². The molecular weight excluding hydrogens is 275 g/mol. The van der Waals surface area contributed by atoms with Gasteiger partial charge in [-0.3, -0.25) is 0 Å². The molecule has 20 heavy (non-hydrogen) atoms. The summed E-state index contributed by atoms with van der Waals surface area (Å²) in [6.45, 7) is 0. The minimum Gasteiger partial charge on any atom is -0.368 e. The smallest absolute Gasteiger partial charge is 0.221 e. The third kappa shape index (κ3) is 2.60. The van der Waals surface area contributed by atoms with Crippen LogP contribution in [0.4, 0.5) is 10.3 Å². The van der Waals surface area contributed by atoms with E-state index in [0.717, 1.165) is 16.1 Å². The highest BCUT2D eigenvalue weighted by atomic mass is 32.1. The number of imidazole rings is 1. The van der Waals surface area contributed by atoms with E-state index in [9.17, 15) is 4.39 Å². The number of rotatable bonds is 3. The Morgan fingerprint density at radius 2 is 2.05 bits per heavy atom. The summed E-state index contributed by atoms with van der Waals surface area (Å²) in [5.41, 5.74) is 7.39. The molecule has 0 aliphatic carbocycles. The molecule has 3 rings (SSSR count). The second kappa shape index (κ2) is 5.26. The van der Waals surface area contributed by atoms with Crippen LogP contribution in [0.2, 0.25) is 0 Å². The molecule has 0 atom stereocenters. The number of aromatic nitrogens is 2. The average molecular weight is 286 g/mol. The summed E-state index contributed by atoms with van der Waals surface area (Å²) in [5.74, 6) is 0.0380. The molecule has 0 unspecified atom stereocenters. The van der Waals surface area contributed by atoms with E-state index in [4.69, 9.17) is 5.73 Å². The zero-order valence-electron chi connectivity index (χ0n) is 10.4. The van der Waals surface area contributed by atoms with Crippen LogP contribution in [0, 0.1) is 5.82 Å². The highest BCUT2D eigenvalue weighted by Gasteiger charge is 2.06. The molecule has 2 aromatic heterocycles. The summed E-state index contributed by atoms with van der Waals surface area (Å²) >= 11 is 1.59. The molecule has 6 heteroatoms. The zero-order valence-corrected chi connectivity index (χ0v) is 11.2. The fourth-order valence-electron chi connectivity index (χ4n) is 1.70. The molecule has 4 nitrogen and oxygen atoms in total. The van der Waals surface area contributed by atoms with Crippen molar-refractivity contribution in [2.45, 2.75) is 0 Å². The lowest BCUT2D eigenvalue weighted by Gasteiger charge is -1.95. The Morgan fingerprint density at radius 3 is 2.75 bits per heavy atom. The van der Waals surface area contributed by atoms with Gasteiger partial charge in [0.2, 0.25) is 5.95 Å². The zero-order chi connectivity index (χ0) is 13.9. The predicted octanol–water partition coefficient (Wildman–Crippen LogP) is 3.22. The van der Waals surface area contributed by atoms with Gasteiger partial charge >= 0.3 is 0 Å². The SMILES string of the molecule is Nc1nc(-c2cccs2)cn1/N=C\c1ccc(F)cc1. The van der Waals surface area contributed by atoms with E-state index in [-0.39, 0.29) is 5.82 Å². The molecule has 0 aliphatic heterocycles. The Balaban J connectivity index is 1.86. The maximum absolute atomic E-state index is 12.8. The lowest BCUT2D eigenvalue weighted by molar-refractivity contribution is 0.628. The minimum absolute atomic E-state index is 0.274. The normalized spacial score (nSPS) is 11.2. The minimum atomic E-state index is -0.274. The van der Waals surface area contributed by atoms with Gasteiger partial charge in [-0.05, 0) is 29.1 Å². The second-order valence-corrected chi connectivity index (χ2v) is 5.05. The molecule has 0 saturated heterocycles. The van der Waals surface area contributed by atoms with E-state index in [2.05, 4.69) is 10.1 Å². The van der Waals surface area contributed by atoms with Gasteiger partial charge in [0, 0.05) is 0 Å². The van der Waals surface area contributed by atoms with Crippen molar-refractivity contribution in [1.29, 1.82) is 0 Å². The van der Waals surface area contributed by atoms with Crippen molar-refractivity contribution in [2.24, 2.45) is 5.10 Å². The predicted molar refractivity (Wildman–Crippen MR) is 79.3 cm³/mol. The van der Waals surface area contributed by atoms with Crippen molar-refractivity contribution in [3.8, 4) is 10.6 Å². The molecule has 0 saturated carbocycles. The first-order valence-electron chi connectivity index (χ1n) is 5.91. The fraction of sp³-hybridized carbons (Fsp3) is 0. The summed E-state index contributed by atoms with van der Waals surface area (Å²) in [7, 11) is 0. The number of anilines is 1. The molecule has 0 spiro atoms. The summed E-state index contributed by atoms with van der Waals surface area (Å²) < 4.78 is 14.3. The lowest BCUT2D eigenvalue weighted by Crippen LogP contribution is -1.96. The van der Waals surface area contributed by atoms with Crippen LogP contribution < -0.4 is 5.73 Å². The molecule has 3 aromatic rings. The quantitative estimate of drug-likeness (QED) is 0.752. The number of hydrogen-bond donors (Lipinski definition) is 1. The molecule has 0 fully saturated rings. The Bertz CT molecular complexity index is 729. The molecule has 0 radical (unpaired) electrons. The van der Waals surface area contributed by atoms with Gasteiger partial charge in [0.1, 0.15) is 11.5 Å². The first kappa shape index (κ1) is 12.6. The van der Waals surface area contributed by atoms with Gasteiger partial charge in [-0.1, -0.05) is 18.2 Å². The van der Waals surface area contributed by atoms with Crippen molar-refractivity contribution in [2.75, 3.05) is 5.73 Å². The molecule has 2 heterocycles. The number of benzene rings is 1. The summed E-state index contributed by atoms with van der Waals surface area (Å²) in [6, 6.07) is 9.99. The molecular formula is C14H11FN4S. The van der Waals surface area contributed by atoms with E-state index in [0.29, 0.717) is 5.95 Å². The van der Waals surface area contributed by atoms with E-state index in [1.165, 1.54) is 16.8 Å². The number of thiophene rings is 1. The van der Waals surface area contributed by atoms with Crippen molar-refractivity contribution in [3.63, 3.8) is 0 Å². The van der Waals surface area contributed by atoms with Gasteiger partial charge in [-0.25, -0.2) is 14.1 Å². The van der Waals surface area contributed by atoms with Crippen LogP contribution in [0.15, 0.2) is 53.1 Å². The molecule has 0 aliphatic rings. The highest BCUT2D eigenvalue weighted by molar-refractivity contribution is 7.13. The largest absolute Gasteiger partial charge is 0.368 e. The topological polar surface area (TPSA) is 56.2 Å². The van der Waals surface area contributed by atoms with Crippen LogP contribution in [-0.2, 0) is 0 Å². The van der Waals surface area contributed by atoms with Crippen LogP contribution >= 0.6 is 11.3 Å². The standard InChI is InChI=1S/C14H11FN4S/c15-11-5-3-10(4-6-11)8-17-19-9-12(18-14(19)16)13-2-1-7-20-13/h1-9H,(H2,16,18)/b17-8-. The Morgan fingerprint density at radius 1 is 1.25 bits per heavy atom. The molecule has 100 valence electrons. The number of halogens is 1. The Labute approximate surface area is 119 Å². The molecule has 0 bridgehead atoms. The van der Waals surface area contributed by atoms with Crippen molar-refractivity contribution in [3.05, 3.63) is 59.4 Å². The summed E-state index contributed by atoms with van der Waals surface area (Å²) in [6.07, 6.45) is 3.37. The maximum atomic E-state index is 12.8. The molecule has 0 amide bonds. The third-order valence-electron chi connectivity index (χ3n) is 2.69. The summed E-state index contributed by atoms with van der Waals surface area (Å²) in [5, 5.41) is 6.20. The van der Waals surface area contributed by atoms with Gasteiger partial charge in [-0.2, -0.15) is 5.10 Å². The number of hydrogen-bond acceptors (Lipinski definition) is 4. The van der Waals surface area contributed by atoms with Gasteiger partial charge in [-0.15, -0.1) is 11.3 Å². The van der Waals surface area contributed by atoms with Crippen molar-refractivity contribution >= 4 is 23.5 Å². The van der Waals surface area contributed by atoms with E-state index >= 15 is 0 Å². The maximum Gasteiger partial charge on any atom is 0.221 e. The summed E-state index contributed by atoms with van der Waals surface area (Å²) in [4.78, 5) is 5.29. The van der Waals surface area contributed by atoms with Gasteiger partial charge in [0.05, 0.1) is 17.3 Å². The number of nitrogens with zero attached hydrogens (tertiary/aromatic N) is 3. The monoisotopic (exact) mass is 286 g/mol. The van der Waals surface area contributed by atoms with Gasteiger partial charge < -0.3 is 5.73 Å². The number of nitrogens with two attached hydrogens (primary N) is 1. The molecule has 2 N–H and O–H groups in total. The van der Waals surface area contributed by atoms with Crippen LogP contribution in [-0.4, -0.2) is 15.9 Å². The molecule has 1 aromatic carbocycles. The first-order chi connectivity index (χ1) is 9.72. The van der Waals surface area contributed by atoms with E-state index in [1.807, 2.05) is 17.5 Å². The van der Waals surface area contributed by atoms with Crippen LogP contribution in [0.3, 0.4) is 0 Å². The highest BCUT2D eigenvalue weighted by Crippen LogP contribution is 2.24. The van der Waals surface area contributed by atoms with Crippen molar-refractivity contribution < 1.29 is 4.39 Å². The Hall–Kier alpha value is -2.47. The number of nitrogen functional groups attached to an aromatic ring is 1. The van der Waals surface area contributed by atoms with E-state index in [1.54, 1.807) is 35.9 Å². The van der Waals surface area contributed by atoms with Crippen LogP contribution in [0.5, 0.6) is 0 Å². The van der Waals surface area contributed by atoms with Crippen LogP contribution in [0.25, 0.3) is 10.6 Å². The lowest BCUT2D eigenvalue weighted by atomic mass is 10.2.